The molecule has 2 fully saturated rings. The molecule has 0 aliphatic carbocycles. The first-order valence-electron chi connectivity index (χ1n) is 14.1. The monoisotopic (exact) mass is 568 g/mol. The van der Waals surface area contributed by atoms with E-state index in [1.807, 2.05) is 30.0 Å². The molecule has 1 aromatic carbocycles. The van der Waals surface area contributed by atoms with Crippen LogP contribution in [0.4, 0.5) is 4.79 Å². The first-order valence-corrected chi connectivity index (χ1v) is 14.5. The first kappa shape index (κ1) is 29.8. The van der Waals surface area contributed by atoms with Crippen LogP contribution in [-0.2, 0) is 4.79 Å². The summed E-state index contributed by atoms with van der Waals surface area (Å²) in [4.78, 5) is 49.2. The van der Waals surface area contributed by atoms with Gasteiger partial charge in [-0.1, -0.05) is 41.9 Å². The lowest BCUT2D eigenvalue weighted by atomic mass is 9.98. The summed E-state index contributed by atoms with van der Waals surface area (Å²) in [6.07, 6.45) is 2.55. The maximum atomic E-state index is 13.7. The Balaban J connectivity index is 1.35. The Morgan fingerprint density at radius 1 is 1.12 bits per heavy atom. The van der Waals surface area contributed by atoms with Gasteiger partial charge in [-0.15, -0.1) is 0 Å². The van der Waals surface area contributed by atoms with Gasteiger partial charge in [-0.05, 0) is 64.2 Å². The van der Waals surface area contributed by atoms with Crippen LogP contribution in [0.2, 0.25) is 5.15 Å². The van der Waals surface area contributed by atoms with E-state index in [0.717, 1.165) is 43.5 Å². The van der Waals surface area contributed by atoms with Gasteiger partial charge in [0, 0.05) is 45.3 Å². The Morgan fingerprint density at radius 2 is 1.80 bits per heavy atom. The minimum absolute atomic E-state index is 0.0681. The zero-order valence-electron chi connectivity index (χ0n) is 24.1. The Kier molecular flexibility index (Phi) is 9.68. The van der Waals surface area contributed by atoms with Crippen LogP contribution >= 0.6 is 11.6 Å². The van der Waals surface area contributed by atoms with Crippen molar-refractivity contribution in [3.05, 3.63) is 63.9 Å². The predicted octanol–water partition coefficient (Wildman–Crippen LogP) is 3.94. The molecule has 40 heavy (non-hydrogen) atoms. The third-order valence-corrected chi connectivity index (χ3v) is 8.60. The van der Waals surface area contributed by atoms with E-state index in [9.17, 15) is 14.4 Å². The van der Waals surface area contributed by atoms with Crippen LogP contribution in [0.25, 0.3) is 0 Å². The predicted molar refractivity (Wildman–Crippen MR) is 156 cm³/mol. The van der Waals surface area contributed by atoms with Crippen molar-refractivity contribution in [2.45, 2.75) is 71.1 Å². The number of aromatic nitrogens is 1. The van der Waals surface area contributed by atoms with Gasteiger partial charge < -0.3 is 25.3 Å². The molecule has 2 saturated heterocycles. The lowest BCUT2D eigenvalue weighted by Crippen LogP contribution is -2.51. The van der Waals surface area contributed by atoms with Gasteiger partial charge in [0.05, 0.1) is 17.3 Å². The second-order valence-electron chi connectivity index (χ2n) is 10.9. The highest BCUT2D eigenvalue weighted by molar-refractivity contribution is 6.29. The smallest absolute Gasteiger partial charge is 0.321 e. The van der Waals surface area contributed by atoms with Crippen LogP contribution in [-0.4, -0.2) is 88.9 Å². The van der Waals surface area contributed by atoms with Gasteiger partial charge in [0.2, 0.25) is 5.91 Å². The maximum absolute atomic E-state index is 13.7. The summed E-state index contributed by atoms with van der Waals surface area (Å²) in [6, 6.07) is 11.5. The number of benzene rings is 1. The molecule has 9 nitrogen and oxygen atoms in total. The van der Waals surface area contributed by atoms with Crippen molar-refractivity contribution in [1.82, 2.24) is 30.3 Å². The van der Waals surface area contributed by atoms with Crippen LogP contribution in [0.5, 0.6) is 0 Å². The standard InChI is InChI=1S/C30H41ClN6O3/c1-19-17-26(31)34-21(3)27(19)29(39)33-14-11-20(2)35-15-12-24(13-16-35)37-25(23-9-7-6-8-10-23)18-36(30(37)40)22(4)28(38)32-5/h6-10,17,20,22,24-25H,11-16,18H2,1-5H3,(H,32,38)(H,33,39)/t20?,22-,25?/m1/s1. The molecule has 2 unspecified atom stereocenters. The number of halogens is 1. The molecular weight excluding hydrogens is 528 g/mol. The second kappa shape index (κ2) is 13.0. The number of carbonyl (C=O) groups excluding carboxylic acids is 3. The number of carbonyl (C=O) groups is 3. The average molecular weight is 569 g/mol. The molecule has 2 N–H and O–H groups in total. The van der Waals surface area contributed by atoms with Crippen molar-refractivity contribution >= 4 is 29.4 Å². The third-order valence-electron chi connectivity index (χ3n) is 8.41. The molecule has 1 aromatic heterocycles. The van der Waals surface area contributed by atoms with Crippen molar-refractivity contribution in [2.24, 2.45) is 0 Å². The Bertz CT molecular complexity index is 1190. The fourth-order valence-corrected chi connectivity index (χ4v) is 6.35. The first-order chi connectivity index (χ1) is 19.1. The molecule has 0 bridgehead atoms. The second-order valence-corrected chi connectivity index (χ2v) is 11.3. The molecule has 0 spiro atoms. The zero-order valence-corrected chi connectivity index (χ0v) is 24.9. The zero-order chi connectivity index (χ0) is 29.0. The van der Waals surface area contributed by atoms with Gasteiger partial charge in [-0.3, -0.25) is 9.59 Å². The van der Waals surface area contributed by atoms with Gasteiger partial charge in [0.25, 0.3) is 5.91 Å². The summed E-state index contributed by atoms with van der Waals surface area (Å²) >= 11 is 6.01. The molecule has 4 rings (SSSR count). The van der Waals surface area contributed by atoms with E-state index in [-0.39, 0.29) is 36.0 Å². The van der Waals surface area contributed by atoms with E-state index in [1.54, 1.807) is 31.9 Å². The van der Waals surface area contributed by atoms with Crippen LogP contribution in [0.1, 0.15) is 66.3 Å². The minimum atomic E-state index is -0.528. The number of piperidine rings is 1. The fraction of sp³-hybridized carbons (Fsp3) is 0.533. The lowest BCUT2D eigenvalue weighted by Gasteiger charge is -2.41. The summed E-state index contributed by atoms with van der Waals surface area (Å²) in [6.45, 7) is 10.4. The molecule has 3 heterocycles. The number of nitrogens with zero attached hydrogens (tertiary/aromatic N) is 4. The summed E-state index contributed by atoms with van der Waals surface area (Å²) in [5.74, 6) is -0.282. The van der Waals surface area contributed by atoms with Crippen molar-refractivity contribution < 1.29 is 14.4 Å². The van der Waals surface area contributed by atoms with Gasteiger partial charge in [-0.25, -0.2) is 9.78 Å². The van der Waals surface area contributed by atoms with Gasteiger partial charge in [-0.2, -0.15) is 0 Å². The number of nitrogens with one attached hydrogen (secondary N) is 2. The summed E-state index contributed by atoms with van der Waals surface area (Å²) in [5.41, 5.74) is 3.13. The Labute approximate surface area is 242 Å². The molecule has 2 aromatic rings. The number of amides is 4. The van der Waals surface area contributed by atoms with Crippen LogP contribution in [0, 0.1) is 13.8 Å². The van der Waals surface area contributed by atoms with Gasteiger partial charge in [0.1, 0.15) is 11.2 Å². The minimum Gasteiger partial charge on any atom is -0.357 e. The highest BCUT2D eigenvalue weighted by Gasteiger charge is 2.45. The number of rotatable bonds is 9. The molecule has 0 radical (unpaired) electrons. The SMILES string of the molecule is CNC(=O)[C@@H](C)N1CC(c2ccccc2)N(C2CCN(C(C)CCNC(=O)c3c(C)cc(Cl)nc3C)CC2)C1=O. The maximum Gasteiger partial charge on any atom is 0.321 e. The number of pyridine rings is 1. The molecule has 3 atom stereocenters. The normalized spacial score (nSPS) is 19.9. The van der Waals surface area contributed by atoms with Crippen molar-refractivity contribution in [3.8, 4) is 0 Å². The van der Waals surface area contributed by atoms with E-state index in [2.05, 4.69) is 39.6 Å². The van der Waals surface area contributed by atoms with Gasteiger partial charge in [0.15, 0.2) is 0 Å². The van der Waals surface area contributed by atoms with Crippen molar-refractivity contribution in [3.63, 3.8) is 0 Å². The van der Waals surface area contributed by atoms with Crippen LogP contribution in [0.15, 0.2) is 36.4 Å². The Hall–Kier alpha value is -3.17. The quantitative estimate of drug-likeness (QED) is 0.447. The van der Waals surface area contributed by atoms with Crippen molar-refractivity contribution in [2.75, 3.05) is 33.2 Å². The number of aryl methyl sites for hydroxylation is 2. The highest BCUT2D eigenvalue weighted by Crippen LogP contribution is 2.36. The van der Waals surface area contributed by atoms with E-state index in [4.69, 9.17) is 11.6 Å². The van der Waals surface area contributed by atoms with E-state index < -0.39 is 6.04 Å². The molecule has 216 valence electrons. The molecule has 2 aliphatic rings. The summed E-state index contributed by atoms with van der Waals surface area (Å²) in [5, 5.41) is 6.11. The topological polar surface area (TPSA) is 97.9 Å². The van der Waals surface area contributed by atoms with Crippen LogP contribution in [0.3, 0.4) is 0 Å². The Morgan fingerprint density at radius 3 is 2.42 bits per heavy atom. The van der Waals surface area contributed by atoms with E-state index in [1.165, 1.54) is 0 Å². The molecule has 4 amide bonds. The molecule has 0 saturated carbocycles. The lowest BCUT2D eigenvalue weighted by molar-refractivity contribution is -0.124. The summed E-state index contributed by atoms with van der Waals surface area (Å²) in [7, 11) is 1.60. The largest absolute Gasteiger partial charge is 0.357 e. The molecule has 10 heteroatoms. The molecule has 2 aliphatic heterocycles. The third kappa shape index (κ3) is 6.41. The number of hydrogen-bond acceptors (Lipinski definition) is 5. The highest BCUT2D eigenvalue weighted by atomic mass is 35.5. The number of likely N-dealkylation sites (N-methyl/N-ethyl adjacent to an activating group) is 1. The summed E-state index contributed by atoms with van der Waals surface area (Å²) < 4.78 is 0. The van der Waals surface area contributed by atoms with Crippen LogP contribution < -0.4 is 10.6 Å². The van der Waals surface area contributed by atoms with Gasteiger partial charge >= 0.3 is 6.03 Å². The fourth-order valence-electron chi connectivity index (χ4n) is 6.06. The average Bonchev–Trinajstić information content (AvgIpc) is 3.28. The number of hydrogen-bond donors (Lipinski definition) is 2. The van der Waals surface area contributed by atoms with E-state index >= 15 is 0 Å². The number of urea groups is 1. The van der Waals surface area contributed by atoms with E-state index in [0.29, 0.717) is 29.5 Å². The number of likely N-dealkylation sites (tertiary alicyclic amines) is 1. The molecular formula is C30H41ClN6O3. The van der Waals surface area contributed by atoms with Crippen molar-refractivity contribution in [1.29, 1.82) is 0 Å².